The first-order chi connectivity index (χ1) is 38.1. The first-order valence-corrected chi connectivity index (χ1v) is 25.1. The van der Waals surface area contributed by atoms with E-state index in [-0.39, 0.29) is 23.9 Å². The van der Waals surface area contributed by atoms with E-state index in [4.69, 9.17) is 21.7 Å². The van der Waals surface area contributed by atoms with Crippen molar-refractivity contribution in [1.82, 2.24) is 47.2 Å². The van der Waals surface area contributed by atoms with E-state index in [1.54, 1.807) is 0 Å². The predicted octanol–water partition coefficient (Wildman–Crippen LogP) is -8.87. The van der Waals surface area contributed by atoms with Crippen LogP contribution in [0.4, 0.5) is 11.5 Å². The van der Waals surface area contributed by atoms with Gasteiger partial charge >= 0.3 is 11.9 Å². The smallest absolute Gasteiger partial charge is 0.326 e. The molecule has 450 valence electrons. The zero-order chi connectivity index (χ0) is 60.7. The molecule has 6 amide bonds. The summed E-state index contributed by atoms with van der Waals surface area (Å²) in [6.07, 6.45) is -19.7. The molecule has 1 unspecified atom stereocenters. The highest BCUT2D eigenvalue weighted by molar-refractivity contribution is 5.97. The van der Waals surface area contributed by atoms with Crippen LogP contribution in [0.1, 0.15) is 86.2 Å². The van der Waals surface area contributed by atoms with Crippen LogP contribution >= 0.6 is 0 Å². The molecule has 1 aromatic carbocycles. The van der Waals surface area contributed by atoms with Gasteiger partial charge in [0.2, 0.25) is 29.5 Å². The van der Waals surface area contributed by atoms with E-state index in [9.17, 15) is 94.2 Å². The lowest BCUT2D eigenvalue weighted by atomic mass is 10.0. The van der Waals surface area contributed by atoms with E-state index >= 15 is 0 Å². The van der Waals surface area contributed by atoms with Crippen molar-refractivity contribution in [2.24, 2.45) is 16.5 Å². The zero-order valence-electron chi connectivity index (χ0n) is 43.6. The Labute approximate surface area is 460 Å². The van der Waals surface area contributed by atoms with Crippen LogP contribution in [0.3, 0.4) is 0 Å². The van der Waals surface area contributed by atoms with Gasteiger partial charge in [0.05, 0.1) is 49.9 Å². The van der Waals surface area contributed by atoms with E-state index in [1.165, 1.54) is 30.5 Å². The number of carboxylic acids is 2. The number of nitrogens with two attached hydrogens (primary N) is 2. The first kappa shape index (κ1) is 67.6. The number of fused-ring (bicyclic) bond motifs is 1. The van der Waals surface area contributed by atoms with Gasteiger partial charge in [0.25, 0.3) is 5.91 Å². The number of benzene rings is 1. The Morgan fingerprint density at radius 1 is 0.617 bits per heavy atom. The molecule has 0 aliphatic carbocycles. The zero-order valence-corrected chi connectivity index (χ0v) is 43.6. The van der Waals surface area contributed by atoms with Crippen LogP contribution in [-0.2, 0) is 44.9 Å². The fourth-order valence-corrected chi connectivity index (χ4v) is 7.42. The van der Waals surface area contributed by atoms with Gasteiger partial charge in [-0.15, -0.1) is 0 Å². The third-order valence-electron chi connectivity index (χ3n) is 12.3. The number of aliphatic carboxylic acids is 2. The highest BCUT2D eigenvalue weighted by Crippen LogP contribution is 2.22. The SMILES string of the molecule is CC(=O)[C@H](CCC(=O)NC[C@H](O)[C@@H](O)[C@H](O)[C@H](O)CO)NC(=O)[C@H](CCC(=O)O)NC(=O)[C@H](CCC(=O)NC[C@H](O)[C@@H](O)[C@H](O)[C@H](O)CO)NC(=O)CC[C@H](NC(=O)c1ccc(NCc2cnc3c(n2)C(N)NC(N)=N3)cc1)C(=O)O. The maximum absolute atomic E-state index is 13.9. The van der Waals surface area contributed by atoms with Crippen molar-refractivity contribution in [2.75, 3.05) is 31.6 Å². The monoisotopic (exact) mass is 1150 g/mol. The second kappa shape index (κ2) is 33.2. The van der Waals surface area contributed by atoms with Crippen LogP contribution in [0, 0.1) is 0 Å². The van der Waals surface area contributed by atoms with Crippen molar-refractivity contribution in [3.63, 3.8) is 0 Å². The molecule has 1 aromatic heterocycles. The molecule has 0 saturated heterocycles. The van der Waals surface area contributed by atoms with Gasteiger partial charge in [-0.05, 0) is 56.9 Å². The Morgan fingerprint density at radius 3 is 1.59 bits per heavy atom. The molecule has 34 heteroatoms. The molecule has 0 bridgehead atoms. The standard InChI is InChI=1S/C47H71N13O21/c1-20(63)24(6-10-32(68)51-16-28(64)37(73)39(75)30(66)18-61)56-45(79)26(9-13-35(71)72)57-44(78)25(7-11-33(69)52-17-29(65)38(74)40(76)31(67)19-62)55-34(70)12-8-27(46(80)81)58-43(77)21-2-4-22(5-3-21)50-14-23-15-53-42-36(54-23)41(48)59-47(49)60-42/h2-5,15,24-31,37-41,50,61-62,64-67,73-76H,6-14,16-19,48H2,1H3,(H,51,68)(H,52,69)(H,55,70)(H,56,79)(H,57,78)(H,58,77)(H,71,72)(H,80,81)(H3,49,53,59,60)/t24-,25-,26-,27-,28-,29-,30+,31+,37+,38+,39+,40+,41?/m0/s1. The third kappa shape index (κ3) is 22.4. The number of Topliss-reactive ketones (excluding diaryl/α,β-unsaturated/α-hetero) is 1. The number of nitrogens with zero attached hydrogens (tertiary/aromatic N) is 3. The number of aromatic nitrogens is 2. The molecule has 81 heavy (non-hydrogen) atoms. The van der Waals surface area contributed by atoms with Gasteiger partial charge in [0.15, 0.2) is 17.6 Å². The van der Waals surface area contributed by atoms with Gasteiger partial charge in [0, 0.05) is 50.0 Å². The van der Waals surface area contributed by atoms with Crippen molar-refractivity contribution < 1.29 is 104 Å². The number of ketones is 1. The third-order valence-corrected chi connectivity index (χ3v) is 12.3. The molecule has 1 aliphatic heterocycles. The summed E-state index contributed by atoms with van der Waals surface area (Å²) in [7, 11) is 0. The number of aliphatic hydroxyl groups excluding tert-OH is 10. The largest absolute Gasteiger partial charge is 0.481 e. The number of carbonyl (C=O) groups is 9. The number of hydrogen-bond donors (Lipinski definition) is 22. The summed E-state index contributed by atoms with van der Waals surface area (Å²) in [5.74, 6) is -9.49. The van der Waals surface area contributed by atoms with Gasteiger partial charge in [-0.3, -0.25) is 38.4 Å². The topological polar surface area (TPSA) is 583 Å². The number of carbonyl (C=O) groups excluding carboxylic acids is 7. The summed E-state index contributed by atoms with van der Waals surface area (Å²) < 4.78 is 0. The fourth-order valence-electron chi connectivity index (χ4n) is 7.42. The van der Waals surface area contributed by atoms with E-state index in [1.807, 2.05) is 0 Å². The maximum Gasteiger partial charge on any atom is 0.326 e. The molecule has 2 heterocycles. The van der Waals surface area contributed by atoms with Crippen LogP contribution in [-0.4, -0.2) is 230 Å². The number of rotatable bonds is 36. The number of carboxylic acid groups (broad SMARTS) is 2. The molecule has 24 N–H and O–H groups in total. The van der Waals surface area contributed by atoms with Gasteiger partial charge in [-0.2, -0.15) is 4.99 Å². The normalized spacial score (nSPS) is 17.3. The number of hydrogen-bond acceptors (Lipinski definition) is 26. The van der Waals surface area contributed by atoms with E-state index in [2.05, 4.69) is 57.5 Å². The summed E-state index contributed by atoms with van der Waals surface area (Å²) in [6.45, 7) is -2.19. The number of aliphatic imine (C=N–C) groups is 1. The number of amides is 6. The summed E-state index contributed by atoms with van der Waals surface area (Å²) in [5.41, 5.74) is 13.1. The van der Waals surface area contributed by atoms with E-state index < -0.39 is 210 Å². The van der Waals surface area contributed by atoms with Crippen molar-refractivity contribution >= 4 is 70.6 Å². The van der Waals surface area contributed by atoms with Gasteiger partial charge in [-0.1, -0.05) is 0 Å². The first-order valence-electron chi connectivity index (χ1n) is 25.1. The highest BCUT2D eigenvalue weighted by Gasteiger charge is 2.34. The predicted molar refractivity (Wildman–Crippen MR) is 275 cm³/mol. The number of anilines is 1. The summed E-state index contributed by atoms with van der Waals surface area (Å²) in [4.78, 5) is 129. The van der Waals surface area contributed by atoms with E-state index in [0.29, 0.717) is 17.1 Å². The average Bonchev–Trinajstić information content (AvgIpc) is 3.43. The van der Waals surface area contributed by atoms with Gasteiger partial charge in [0.1, 0.15) is 66.6 Å². The quantitative estimate of drug-likeness (QED) is 0.0301. The second-order valence-corrected chi connectivity index (χ2v) is 18.6. The molecule has 2 aromatic rings. The van der Waals surface area contributed by atoms with Crippen LogP contribution in [0.2, 0.25) is 0 Å². The Morgan fingerprint density at radius 2 is 1.09 bits per heavy atom. The number of guanidine groups is 1. The van der Waals surface area contributed by atoms with Crippen molar-refractivity contribution in [3.8, 4) is 0 Å². The Bertz CT molecular complexity index is 2510. The Balaban J connectivity index is 1.73. The molecule has 0 spiro atoms. The molecule has 0 radical (unpaired) electrons. The molecule has 34 nitrogen and oxygen atoms in total. The molecular weight excluding hydrogens is 1080 g/mol. The summed E-state index contributed by atoms with van der Waals surface area (Å²) >= 11 is 0. The molecule has 1 aliphatic rings. The Hall–Kier alpha value is -7.64. The van der Waals surface area contributed by atoms with Crippen LogP contribution in [0.15, 0.2) is 35.5 Å². The van der Waals surface area contributed by atoms with Crippen LogP contribution in [0.5, 0.6) is 0 Å². The lowest BCUT2D eigenvalue weighted by Gasteiger charge is -2.26. The van der Waals surface area contributed by atoms with Gasteiger partial charge in [-0.25, -0.2) is 14.8 Å². The fraction of sp³-hybridized carbons (Fsp3) is 0.574. The second-order valence-electron chi connectivity index (χ2n) is 18.6. The molecular formula is C47H71N13O21. The molecule has 0 saturated carbocycles. The maximum atomic E-state index is 13.9. The van der Waals surface area contributed by atoms with Crippen LogP contribution in [0.25, 0.3) is 0 Å². The minimum absolute atomic E-state index is 0.0133. The molecule has 0 fully saturated rings. The van der Waals surface area contributed by atoms with Crippen molar-refractivity contribution in [2.45, 2.75) is 144 Å². The molecule has 13 atom stereocenters. The number of nitrogens with one attached hydrogen (secondary N) is 8. The van der Waals surface area contributed by atoms with Crippen molar-refractivity contribution in [3.05, 3.63) is 47.4 Å². The lowest BCUT2D eigenvalue weighted by Crippen LogP contribution is -2.56. The van der Waals surface area contributed by atoms with Gasteiger partial charge < -0.3 is 115 Å². The van der Waals surface area contributed by atoms with Crippen molar-refractivity contribution in [1.29, 1.82) is 0 Å². The van der Waals surface area contributed by atoms with E-state index in [0.717, 1.165) is 6.92 Å². The summed E-state index contributed by atoms with van der Waals surface area (Å²) in [6, 6.07) is -0.952. The molecule has 3 rings (SSSR count). The summed E-state index contributed by atoms with van der Waals surface area (Å²) in [5, 5.41) is 136. The minimum atomic E-state index is -2.07. The lowest BCUT2D eigenvalue weighted by molar-refractivity contribution is -0.140. The number of aliphatic hydroxyl groups is 10. The minimum Gasteiger partial charge on any atom is -0.481 e. The van der Waals surface area contributed by atoms with Crippen LogP contribution < -0.4 is 54.0 Å². The highest BCUT2D eigenvalue weighted by atomic mass is 16.4. The average molecular weight is 1150 g/mol. The Kier molecular flexibility index (Phi) is 27.7.